The number of carboxylic acids is 1. The lowest BCUT2D eigenvalue weighted by Crippen LogP contribution is -2.59. The fraction of sp³-hybridized carbons (Fsp3) is 0.265. The largest absolute Gasteiger partial charge is 0.489 e. The number of ether oxygens (including phenoxy) is 2. The van der Waals surface area contributed by atoms with Gasteiger partial charge in [0.1, 0.15) is 49.2 Å². The molecule has 0 unspecified atom stereocenters. The number of rotatable bonds is 24. The number of aromatic nitrogens is 3. The number of alkyl carbamates (subject to hydrolysis) is 1. The number of nitrogens with two attached hydrogens (primary N) is 1. The van der Waals surface area contributed by atoms with Gasteiger partial charge in [0, 0.05) is 54.7 Å². The molecule has 0 bridgehead atoms. The fourth-order valence-electron chi connectivity index (χ4n) is 7.11. The van der Waals surface area contributed by atoms with Crippen LogP contribution in [0.4, 0.5) is 4.79 Å². The minimum Gasteiger partial charge on any atom is -0.489 e. The van der Waals surface area contributed by atoms with E-state index in [0.29, 0.717) is 34.7 Å². The maximum Gasteiger partial charge on any atom is 0.408 e. The normalized spacial score (nSPS) is 13.1. The van der Waals surface area contributed by atoms with Gasteiger partial charge in [-0.25, -0.2) is 9.78 Å². The maximum absolute atomic E-state index is 14.5. The van der Waals surface area contributed by atoms with Gasteiger partial charge in [-0.1, -0.05) is 91.0 Å². The van der Waals surface area contributed by atoms with Crippen molar-refractivity contribution >= 4 is 52.5 Å². The molecule has 0 aliphatic carbocycles. The number of amides is 6. The summed E-state index contributed by atoms with van der Waals surface area (Å²) in [6, 6.07) is 25.8. The Morgan fingerprint density at radius 3 is 1.84 bits per heavy atom. The zero-order chi connectivity index (χ0) is 48.4. The van der Waals surface area contributed by atoms with Gasteiger partial charge >= 0.3 is 12.1 Å². The maximum atomic E-state index is 14.5. The second-order valence-electron chi connectivity index (χ2n) is 16.0. The standard InChI is InChI=1S/C49H53N9O10/c1-30(44(50)61)54-46(63)41(23-34-25-52-38-15-9-8-14-37(34)38)57-45(62)39(20-21-43(59)60)55-47(64)40(22-31-16-18-36(19-17-31)67-27-32-10-4-2-5-11-32)56-48(65)42(24-35-26-51-29-53-35)58-49(66)68-28-33-12-6-3-7-13-33/h2-19,25-26,29-30,39-42,52H,20-24,27-28H2,1H3,(H2,50,61)(H,51,53)(H,54,63)(H,55,64)(H,56,65)(H,57,62)(H,58,66)(H,59,60)/t30-,39+,40+,41+,42+/m1/s1. The second-order valence-corrected chi connectivity index (χ2v) is 16.0. The molecule has 4 aromatic carbocycles. The Bertz CT molecular complexity index is 2640. The number of imidazole rings is 1. The molecule has 6 aromatic rings. The number of hydrogen-bond acceptors (Lipinski definition) is 10. The number of carbonyl (C=O) groups excluding carboxylic acids is 6. The molecule has 0 saturated carbocycles. The molecule has 354 valence electrons. The minimum atomic E-state index is -1.55. The van der Waals surface area contributed by atoms with Gasteiger partial charge in [-0.05, 0) is 53.8 Å². The van der Waals surface area contributed by atoms with Crippen LogP contribution in [0.1, 0.15) is 47.7 Å². The van der Waals surface area contributed by atoms with E-state index in [9.17, 15) is 38.7 Å². The first-order valence-electron chi connectivity index (χ1n) is 21.8. The van der Waals surface area contributed by atoms with E-state index < -0.39 is 84.6 Å². The number of fused-ring (bicyclic) bond motifs is 1. The number of hydrogen-bond donors (Lipinski definition) is 9. The summed E-state index contributed by atoms with van der Waals surface area (Å²) in [4.78, 5) is 104. The van der Waals surface area contributed by atoms with Crippen molar-refractivity contribution in [1.82, 2.24) is 41.5 Å². The molecule has 6 amide bonds. The first-order chi connectivity index (χ1) is 32.8. The molecule has 0 saturated heterocycles. The van der Waals surface area contributed by atoms with Crippen LogP contribution in [0, 0.1) is 0 Å². The molecular formula is C49H53N9O10. The Morgan fingerprint density at radius 2 is 1.21 bits per heavy atom. The zero-order valence-corrected chi connectivity index (χ0v) is 37.1. The van der Waals surface area contributed by atoms with Crippen molar-refractivity contribution in [3.63, 3.8) is 0 Å². The van der Waals surface area contributed by atoms with E-state index >= 15 is 0 Å². The van der Waals surface area contributed by atoms with Crippen molar-refractivity contribution in [2.24, 2.45) is 5.73 Å². The predicted octanol–water partition coefficient (Wildman–Crippen LogP) is 3.10. The average Bonchev–Trinajstić information content (AvgIpc) is 4.01. The van der Waals surface area contributed by atoms with Crippen LogP contribution in [0.15, 0.2) is 128 Å². The highest BCUT2D eigenvalue weighted by Gasteiger charge is 2.33. The molecule has 5 atom stereocenters. The number of benzene rings is 4. The molecule has 68 heavy (non-hydrogen) atoms. The molecule has 0 aliphatic heterocycles. The zero-order valence-electron chi connectivity index (χ0n) is 37.1. The van der Waals surface area contributed by atoms with Gasteiger partial charge in [0.2, 0.25) is 29.5 Å². The van der Waals surface area contributed by atoms with E-state index in [1.54, 1.807) is 60.8 Å². The highest BCUT2D eigenvalue weighted by atomic mass is 16.5. The lowest BCUT2D eigenvalue weighted by atomic mass is 10.0. The number of para-hydroxylation sites is 1. The van der Waals surface area contributed by atoms with Gasteiger partial charge in [0.25, 0.3) is 0 Å². The third-order valence-electron chi connectivity index (χ3n) is 10.8. The molecule has 19 heteroatoms. The lowest BCUT2D eigenvalue weighted by Gasteiger charge is -2.27. The Hall–Kier alpha value is -8.48. The Labute approximate surface area is 391 Å². The van der Waals surface area contributed by atoms with Crippen molar-refractivity contribution in [1.29, 1.82) is 0 Å². The summed E-state index contributed by atoms with van der Waals surface area (Å²) in [6.45, 7) is 1.59. The number of aromatic amines is 2. The quantitative estimate of drug-likeness (QED) is 0.0425. The molecule has 10 N–H and O–H groups in total. The topological polar surface area (TPSA) is 289 Å². The SMILES string of the molecule is C[C@@H](NC(=O)[C@H](Cc1c[nH]c2ccccc12)NC(=O)[C@H](CCC(=O)O)NC(=O)[C@H](Cc1ccc(OCc2ccccc2)cc1)NC(=O)[C@H](Cc1cnc[nH]1)NC(=O)OCc1ccccc1)C(N)=O. The van der Waals surface area contributed by atoms with Crippen LogP contribution in [-0.4, -0.2) is 91.9 Å². The van der Waals surface area contributed by atoms with E-state index in [1.165, 1.54) is 19.4 Å². The van der Waals surface area contributed by atoms with Gasteiger partial charge in [-0.3, -0.25) is 28.8 Å². The molecule has 0 radical (unpaired) electrons. The molecule has 2 aromatic heterocycles. The molecule has 2 heterocycles. The molecule has 0 fully saturated rings. The fourth-order valence-corrected chi connectivity index (χ4v) is 7.11. The first kappa shape index (κ1) is 49.0. The van der Waals surface area contributed by atoms with Crippen LogP contribution in [0.5, 0.6) is 5.75 Å². The van der Waals surface area contributed by atoms with E-state index in [4.69, 9.17) is 15.2 Å². The number of nitrogens with one attached hydrogen (secondary N) is 7. The summed E-state index contributed by atoms with van der Waals surface area (Å²) in [5.41, 5.74) is 9.51. The van der Waals surface area contributed by atoms with Gasteiger partial charge in [0.05, 0.1) is 6.33 Å². The summed E-state index contributed by atoms with van der Waals surface area (Å²) in [7, 11) is 0. The summed E-state index contributed by atoms with van der Waals surface area (Å²) >= 11 is 0. The molecule has 6 rings (SSSR count). The number of aliphatic carboxylic acids is 1. The number of primary amides is 1. The molecule has 0 aliphatic rings. The third-order valence-corrected chi connectivity index (χ3v) is 10.8. The Kier molecular flexibility index (Phi) is 17.4. The molecule has 19 nitrogen and oxygen atoms in total. The van der Waals surface area contributed by atoms with Crippen LogP contribution in [0.3, 0.4) is 0 Å². The van der Waals surface area contributed by atoms with Crippen LogP contribution in [0.25, 0.3) is 10.9 Å². The van der Waals surface area contributed by atoms with Crippen molar-refractivity contribution < 1.29 is 48.1 Å². The highest BCUT2D eigenvalue weighted by molar-refractivity contribution is 5.97. The smallest absolute Gasteiger partial charge is 0.408 e. The van der Waals surface area contributed by atoms with E-state index in [1.807, 2.05) is 54.6 Å². The monoisotopic (exact) mass is 927 g/mol. The van der Waals surface area contributed by atoms with Gasteiger partial charge in [-0.2, -0.15) is 0 Å². The summed E-state index contributed by atoms with van der Waals surface area (Å²) in [5, 5.41) is 23.5. The van der Waals surface area contributed by atoms with E-state index in [2.05, 4.69) is 41.5 Å². The van der Waals surface area contributed by atoms with Crippen LogP contribution in [0.2, 0.25) is 0 Å². The van der Waals surface area contributed by atoms with Crippen molar-refractivity contribution in [3.05, 3.63) is 156 Å². The number of carbonyl (C=O) groups is 7. The van der Waals surface area contributed by atoms with E-state index in [0.717, 1.165) is 16.5 Å². The van der Waals surface area contributed by atoms with Crippen LogP contribution in [-0.2, 0) is 66.0 Å². The summed E-state index contributed by atoms with van der Waals surface area (Å²) < 4.78 is 11.3. The summed E-state index contributed by atoms with van der Waals surface area (Å²) in [6.07, 6.45) is 2.33. The Balaban J connectivity index is 1.25. The molecular weight excluding hydrogens is 875 g/mol. The van der Waals surface area contributed by atoms with Crippen LogP contribution < -0.4 is 37.1 Å². The van der Waals surface area contributed by atoms with Crippen LogP contribution >= 0.6 is 0 Å². The van der Waals surface area contributed by atoms with Crippen molar-refractivity contribution in [2.45, 2.75) is 82.5 Å². The minimum absolute atomic E-state index is 0.0745. The average molecular weight is 928 g/mol. The first-order valence-corrected chi connectivity index (χ1v) is 21.8. The van der Waals surface area contributed by atoms with Crippen molar-refractivity contribution in [2.75, 3.05) is 0 Å². The number of carboxylic acid groups (broad SMARTS) is 1. The van der Waals surface area contributed by atoms with E-state index in [-0.39, 0.29) is 25.9 Å². The highest BCUT2D eigenvalue weighted by Crippen LogP contribution is 2.20. The predicted molar refractivity (Wildman–Crippen MR) is 248 cm³/mol. The van der Waals surface area contributed by atoms with Crippen molar-refractivity contribution in [3.8, 4) is 5.75 Å². The molecule has 0 spiro atoms. The summed E-state index contributed by atoms with van der Waals surface area (Å²) in [5.74, 6) is -4.94. The van der Waals surface area contributed by atoms with Gasteiger partial charge in [0.15, 0.2) is 0 Å². The van der Waals surface area contributed by atoms with Gasteiger partial charge < -0.3 is 56.9 Å². The Morgan fingerprint density at radius 1 is 0.632 bits per heavy atom. The number of nitrogens with zero attached hydrogens (tertiary/aromatic N) is 1. The lowest BCUT2D eigenvalue weighted by molar-refractivity contribution is -0.138. The number of H-pyrrole nitrogens is 2. The van der Waals surface area contributed by atoms with Gasteiger partial charge in [-0.15, -0.1) is 0 Å². The second kappa shape index (κ2) is 24.2. The third kappa shape index (κ3) is 14.8.